The van der Waals surface area contributed by atoms with E-state index in [0.29, 0.717) is 11.4 Å². The van der Waals surface area contributed by atoms with Crippen molar-refractivity contribution in [2.24, 2.45) is 0 Å². The van der Waals surface area contributed by atoms with Crippen LogP contribution in [0.5, 0.6) is 0 Å². The fourth-order valence-corrected chi connectivity index (χ4v) is 3.53. The summed E-state index contributed by atoms with van der Waals surface area (Å²) in [6, 6.07) is 10.7. The average Bonchev–Trinajstić information content (AvgIpc) is 2.99. The smallest absolute Gasteiger partial charge is 0.141 e. The zero-order valence-electron chi connectivity index (χ0n) is 15.0. The summed E-state index contributed by atoms with van der Waals surface area (Å²) in [6.45, 7) is 5.65. The van der Waals surface area contributed by atoms with Crippen molar-refractivity contribution in [3.8, 4) is 11.3 Å². The summed E-state index contributed by atoms with van der Waals surface area (Å²) in [6.07, 6.45) is 0. The first-order valence-electron chi connectivity index (χ1n) is 8.69. The molecule has 0 saturated carbocycles. The van der Waals surface area contributed by atoms with E-state index in [1.807, 2.05) is 0 Å². The molecule has 1 aromatic heterocycles. The highest BCUT2D eigenvalue weighted by molar-refractivity contribution is 6.31. The Morgan fingerprint density at radius 1 is 1.15 bits per heavy atom. The maximum atomic E-state index is 13.5. The molecule has 7 heteroatoms. The van der Waals surface area contributed by atoms with Gasteiger partial charge in [0, 0.05) is 24.3 Å². The van der Waals surface area contributed by atoms with Crippen molar-refractivity contribution >= 4 is 23.1 Å². The van der Waals surface area contributed by atoms with Crippen molar-refractivity contribution < 1.29 is 8.78 Å². The molecular formula is C20H19ClF2N4. The fourth-order valence-electron chi connectivity index (χ4n) is 3.35. The largest absolute Gasteiger partial charge is 0.340 e. The third kappa shape index (κ3) is 3.31. The molecule has 0 saturated heterocycles. The summed E-state index contributed by atoms with van der Waals surface area (Å²) in [5.74, 6) is 0.879. The number of nitrogens with one attached hydrogen (secondary N) is 2. The van der Waals surface area contributed by atoms with Crippen molar-refractivity contribution in [3.63, 3.8) is 0 Å². The Labute approximate surface area is 161 Å². The van der Waals surface area contributed by atoms with Gasteiger partial charge in [0.2, 0.25) is 0 Å². The molecule has 0 fully saturated rings. The van der Waals surface area contributed by atoms with Crippen LogP contribution in [0.2, 0.25) is 5.02 Å². The zero-order chi connectivity index (χ0) is 19.2. The van der Waals surface area contributed by atoms with Crippen LogP contribution < -0.4 is 10.6 Å². The molecule has 2 N–H and O–H groups in total. The summed E-state index contributed by atoms with van der Waals surface area (Å²) in [5.41, 5.74) is 1.85. The lowest BCUT2D eigenvalue weighted by molar-refractivity contribution is 0.317. The molecule has 0 radical (unpaired) electrons. The minimum absolute atomic E-state index is 0.0451. The summed E-state index contributed by atoms with van der Waals surface area (Å²) in [7, 11) is 0. The second kappa shape index (κ2) is 6.62. The Morgan fingerprint density at radius 2 is 1.89 bits per heavy atom. The van der Waals surface area contributed by atoms with E-state index in [4.69, 9.17) is 16.6 Å². The normalized spacial score (nSPS) is 15.4. The fraction of sp³-hybridized carbons (Fsp3) is 0.250. The summed E-state index contributed by atoms with van der Waals surface area (Å²) >= 11 is 5.93. The van der Waals surface area contributed by atoms with Crippen molar-refractivity contribution in [3.05, 3.63) is 64.9 Å². The summed E-state index contributed by atoms with van der Waals surface area (Å²) < 4.78 is 29.0. The van der Waals surface area contributed by atoms with Crippen molar-refractivity contribution in [1.82, 2.24) is 14.9 Å². The number of hydrogen-bond donors (Lipinski definition) is 2. The van der Waals surface area contributed by atoms with Gasteiger partial charge in [0.1, 0.15) is 29.0 Å². The molecule has 0 atom stereocenters. The molecule has 0 spiro atoms. The molecule has 0 bridgehead atoms. The van der Waals surface area contributed by atoms with E-state index >= 15 is 0 Å². The van der Waals surface area contributed by atoms with E-state index in [1.54, 1.807) is 18.2 Å². The number of fused-ring (bicyclic) bond motifs is 1. The number of nitrogens with zero attached hydrogens (tertiary/aromatic N) is 2. The van der Waals surface area contributed by atoms with Gasteiger partial charge in [-0.05, 0) is 56.3 Å². The summed E-state index contributed by atoms with van der Waals surface area (Å²) in [4.78, 5) is 4.85. The highest BCUT2D eigenvalue weighted by Gasteiger charge is 2.33. The van der Waals surface area contributed by atoms with Crippen molar-refractivity contribution in [1.29, 1.82) is 0 Å². The summed E-state index contributed by atoms with van der Waals surface area (Å²) in [5, 5.41) is 6.83. The van der Waals surface area contributed by atoms with Crippen LogP contribution in [0, 0.1) is 11.6 Å². The van der Waals surface area contributed by atoms with Crippen molar-refractivity contribution in [2.75, 3.05) is 11.9 Å². The van der Waals surface area contributed by atoms with Gasteiger partial charge >= 0.3 is 0 Å². The van der Waals surface area contributed by atoms with E-state index in [1.165, 1.54) is 24.3 Å². The number of halogens is 3. The monoisotopic (exact) mass is 388 g/mol. The molecule has 0 unspecified atom stereocenters. The Kier molecular flexibility index (Phi) is 4.40. The van der Waals surface area contributed by atoms with Crippen LogP contribution in [0.4, 0.5) is 20.3 Å². The molecule has 140 valence electrons. The third-order valence-electron chi connectivity index (χ3n) is 4.73. The molecule has 4 nitrogen and oxygen atoms in total. The molecule has 2 aromatic carbocycles. The number of aromatic nitrogens is 2. The topological polar surface area (TPSA) is 41.9 Å². The van der Waals surface area contributed by atoms with Gasteiger partial charge in [0.15, 0.2) is 0 Å². The van der Waals surface area contributed by atoms with Crippen LogP contribution in [-0.4, -0.2) is 16.1 Å². The third-order valence-corrected chi connectivity index (χ3v) is 5.02. The minimum Gasteiger partial charge on any atom is -0.340 e. The molecule has 3 aromatic rings. The van der Waals surface area contributed by atoms with Crippen LogP contribution in [0.25, 0.3) is 11.3 Å². The Balaban J connectivity index is 1.86. The molecule has 4 rings (SSSR count). The quantitative estimate of drug-likeness (QED) is 0.658. The number of imidazole rings is 1. The van der Waals surface area contributed by atoms with Crippen LogP contribution >= 0.6 is 11.6 Å². The predicted octanol–water partition coefficient (Wildman–Crippen LogP) is 5.06. The van der Waals surface area contributed by atoms with Gasteiger partial charge in [-0.25, -0.2) is 13.8 Å². The van der Waals surface area contributed by atoms with Gasteiger partial charge in [-0.3, -0.25) is 0 Å². The standard InChI is InChI=1S/C20H19ClF2N4/c1-20(2)19-26-17(12-3-5-13(22)6-4-12)18(27(19)10-9-24-20)25-14-7-8-16(23)15(21)11-14/h3-8,11,24-25H,9-10H2,1-2H3. The highest BCUT2D eigenvalue weighted by atomic mass is 35.5. The SMILES string of the molecule is CC1(C)NCCn2c1nc(-c1ccc(F)cc1)c2Nc1ccc(F)c(Cl)c1. The maximum Gasteiger partial charge on any atom is 0.141 e. The molecule has 27 heavy (non-hydrogen) atoms. The van der Waals surface area contributed by atoms with Gasteiger partial charge < -0.3 is 15.2 Å². The van der Waals surface area contributed by atoms with Crippen LogP contribution in [0.15, 0.2) is 42.5 Å². The highest BCUT2D eigenvalue weighted by Crippen LogP contribution is 2.36. The second-order valence-corrected chi connectivity index (χ2v) is 7.50. The Hall–Kier alpha value is -2.44. The van der Waals surface area contributed by atoms with E-state index < -0.39 is 5.82 Å². The van der Waals surface area contributed by atoms with Gasteiger partial charge in [-0.1, -0.05) is 11.6 Å². The zero-order valence-corrected chi connectivity index (χ0v) is 15.7. The van der Waals surface area contributed by atoms with Gasteiger partial charge in [-0.2, -0.15) is 0 Å². The lowest BCUT2D eigenvalue weighted by Gasteiger charge is -2.32. The molecule has 0 aliphatic carbocycles. The van der Waals surface area contributed by atoms with Gasteiger partial charge in [-0.15, -0.1) is 0 Å². The maximum absolute atomic E-state index is 13.5. The lowest BCUT2D eigenvalue weighted by Crippen LogP contribution is -2.45. The van der Waals surface area contributed by atoms with E-state index in [9.17, 15) is 8.78 Å². The molecule has 0 amide bonds. The van der Waals surface area contributed by atoms with E-state index in [-0.39, 0.29) is 16.4 Å². The number of hydrogen-bond acceptors (Lipinski definition) is 3. The second-order valence-electron chi connectivity index (χ2n) is 7.10. The van der Waals surface area contributed by atoms with Crippen LogP contribution in [0.1, 0.15) is 19.7 Å². The molecule has 2 heterocycles. The van der Waals surface area contributed by atoms with Crippen molar-refractivity contribution in [2.45, 2.75) is 25.9 Å². The first-order chi connectivity index (χ1) is 12.8. The molecular weight excluding hydrogens is 370 g/mol. The van der Waals surface area contributed by atoms with E-state index in [0.717, 1.165) is 30.3 Å². The number of benzene rings is 2. The van der Waals surface area contributed by atoms with Crippen LogP contribution in [0.3, 0.4) is 0 Å². The Morgan fingerprint density at radius 3 is 2.59 bits per heavy atom. The number of rotatable bonds is 3. The lowest BCUT2D eigenvalue weighted by atomic mass is 10.0. The van der Waals surface area contributed by atoms with Crippen LogP contribution in [-0.2, 0) is 12.1 Å². The molecule has 1 aliphatic rings. The average molecular weight is 389 g/mol. The first kappa shape index (κ1) is 17.9. The number of anilines is 2. The van der Waals surface area contributed by atoms with Gasteiger partial charge in [0.25, 0.3) is 0 Å². The van der Waals surface area contributed by atoms with E-state index in [2.05, 4.69) is 29.0 Å². The minimum atomic E-state index is -0.471. The predicted molar refractivity (Wildman–Crippen MR) is 103 cm³/mol. The van der Waals surface area contributed by atoms with Gasteiger partial charge in [0.05, 0.1) is 10.6 Å². The first-order valence-corrected chi connectivity index (χ1v) is 9.07. The Bertz CT molecular complexity index is 996. The molecule has 1 aliphatic heterocycles.